The fourth-order valence-electron chi connectivity index (χ4n) is 2.12. The van der Waals surface area contributed by atoms with Gasteiger partial charge in [0, 0.05) is 13.2 Å². The van der Waals surface area contributed by atoms with E-state index in [-0.39, 0.29) is 16.9 Å². The van der Waals surface area contributed by atoms with Crippen molar-refractivity contribution >= 4 is 11.6 Å². The van der Waals surface area contributed by atoms with Crippen LogP contribution in [-0.4, -0.2) is 16.1 Å². The molecule has 0 saturated heterocycles. The summed E-state index contributed by atoms with van der Waals surface area (Å²) in [7, 11) is 1.94. The Morgan fingerprint density at radius 1 is 1.45 bits per heavy atom. The highest BCUT2D eigenvalue weighted by atomic mass is 35.5. The average molecular weight is 296 g/mol. The third kappa shape index (κ3) is 3.81. The average Bonchev–Trinajstić information content (AvgIpc) is 2.85. The predicted molar refractivity (Wildman–Crippen MR) is 79.4 cm³/mol. The number of rotatable bonds is 6. The summed E-state index contributed by atoms with van der Waals surface area (Å²) in [5, 5.41) is 3.61. The molecule has 2 rings (SSSR count). The molecule has 3 nitrogen and oxygen atoms in total. The van der Waals surface area contributed by atoms with Crippen molar-refractivity contribution in [2.45, 2.75) is 25.8 Å². The van der Waals surface area contributed by atoms with Crippen LogP contribution in [0.2, 0.25) is 5.02 Å². The first-order chi connectivity index (χ1) is 9.60. The minimum atomic E-state index is -0.376. The molecule has 1 atom stereocenters. The maximum Gasteiger partial charge on any atom is 0.142 e. The van der Waals surface area contributed by atoms with Crippen molar-refractivity contribution in [2.75, 3.05) is 6.54 Å². The van der Waals surface area contributed by atoms with Crippen LogP contribution in [0.1, 0.15) is 30.6 Å². The van der Waals surface area contributed by atoms with Gasteiger partial charge in [0.15, 0.2) is 0 Å². The van der Waals surface area contributed by atoms with Crippen molar-refractivity contribution in [3.8, 4) is 0 Å². The Labute approximate surface area is 123 Å². The third-order valence-electron chi connectivity index (χ3n) is 3.15. The normalized spacial score (nSPS) is 12.6. The zero-order valence-electron chi connectivity index (χ0n) is 11.7. The van der Waals surface area contributed by atoms with Crippen molar-refractivity contribution in [1.29, 1.82) is 0 Å². The number of nitrogens with one attached hydrogen (secondary N) is 1. The summed E-state index contributed by atoms with van der Waals surface area (Å²) in [4.78, 5) is 4.39. The molecular formula is C15H19ClFN3. The van der Waals surface area contributed by atoms with Gasteiger partial charge in [-0.3, -0.25) is 0 Å². The molecule has 0 aliphatic rings. The molecule has 0 saturated carbocycles. The zero-order valence-corrected chi connectivity index (χ0v) is 12.5. The zero-order chi connectivity index (χ0) is 14.5. The number of imidazole rings is 1. The molecule has 1 unspecified atom stereocenters. The molecule has 0 bridgehead atoms. The van der Waals surface area contributed by atoms with Crippen molar-refractivity contribution in [3.05, 3.63) is 52.8 Å². The third-order valence-corrected chi connectivity index (χ3v) is 3.45. The lowest BCUT2D eigenvalue weighted by Crippen LogP contribution is -2.24. The van der Waals surface area contributed by atoms with E-state index in [9.17, 15) is 4.39 Å². The van der Waals surface area contributed by atoms with Crippen LogP contribution in [-0.2, 0) is 13.5 Å². The van der Waals surface area contributed by atoms with E-state index >= 15 is 0 Å². The molecule has 0 spiro atoms. The minimum absolute atomic E-state index is 0.0803. The van der Waals surface area contributed by atoms with Gasteiger partial charge in [-0.25, -0.2) is 9.37 Å². The molecule has 0 amide bonds. The molecule has 1 aromatic carbocycles. The molecule has 20 heavy (non-hydrogen) atoms. The van der Waals surface area contributed by atoms with E-state index in [0.29, 0.717) is 6.42 Å². The van der Waals surface area contributed by atoms with E-state index < -0.39 is 0 Å². The van der Waals surface area contributed by atoms with Gasteiger partial charge >= 0.3 is 0 Å². The van der Waals surface area contributed by atoms with Crippen LogP contribution in [0, 0.1) is 5.82 Å². The summed E-state index contributed by atoms with van der Waals surface area (Å²) >= 11 is 5.71. The summed E-state index contributed by atoms with van der Waals surface area (Å²) in [6.07, 6.45) is 5.49. The van der Waals surface area contributed by atoms with Crippen LogP contribution in [0.4, 0.5) is 4.39 Å². The Bertz CT molecular complexity index is 568. The maximum atomic E-state index is 13.5. The second-order valence-corrected chi connectivity index (χ2v) is 5.33. The van der Waals surface area contributed by atoms with Crippen molar-refractivity contribution < 1.29 is 4.39 Å². The summed E-state index contributed by atoms with van der Waals surface area (Å²) < 4.78 is 15.4. The summed E-state index contributed by atoms with van der Waals surface area (Å²) in [6.45, 7) is 3.02. The van der Waals surface area contributed by atoms with Gasteiger partial charge in [-0.15, -0.1) is 0 Å². The van der Waals surface area contributed by atoms with E-state index in [1.807, 2.05) is 23.9 Å². The first-order valence-electron chi connectivity index (χ1n) is 6.75. The first-order valence-corrected chi connectivity index (χ1v) is 7.13. The topological polar surface area (TPSA) is 29.9 Å². The molecule has 108 valence electrons. The largest absolute Gasteiger partial charge is 0.340 e. The highest BCUT2D eigenvalue weighted by molar-refractivity contribution is 6.30. The van der Waals surface area contributed by atoms with Crippen LogP contribution in [0.25, 0.3) is 0 Å². The van der Waals surface area contributed by atoms with Gasteiger partial charge in [0.1, 0.15) is 5.82 Å². The number of nitrogens with zero attached hydrogens (tertiary/aromatic N) is 2. The second-order valence-electron chi connectivity index (χ2n) is 4.92. The van der Waals surface area contributed by atoms with Crippen LogP contribution in [0.3, 0.4) is 0 Å². The molecule has 0 aliphatic carbocycles. The molecule has 1 aromatic heterocycles. The molecule has 0 fully saturated rings. The van der Waals surface area contributed by atoms with E-state index in [1.54, 1.807) is 12.4 Å². The molecular weight excluding hydrogens is 277 g/mol. The van der Waals surface area contributed by atoms with E-state index in [4.69, 9.17) is 11.6 Å². The quantitative estimate of drug-likeness (QED) is 0.884. The Hall–Kier alpha value is -1.39. The number of hydrogen-bond donors (Lipinski definition) is 1. The highest BCUT2D eigenvalue weighted by Gasteiger charge is 2.15. The Kier molecular flexibility index (Phi) is 5.15. The molecule has 0 radical (unpaired) electrons. The monoisotopic (exact) mass is 295 g/mol. The standard InChI is InChI=1S/C15H19ClFN3/c1-3-6-18-14(15-9-20(2)10-19-15)8-11-4-5-12(16)13(17)7-11/h4-5,7,9-10,14,18H,3,6,8H2,1-2H3. The minimum Gasteiger partial charge on any atom is -0.340 e. The van der Waals surface area contributed by atoms with Gasteiger partial charge in [-0.1, -0.05) is 24.6 Å². The molecule has 1 N–H and O–H groups in total. The van der Waals surface area contributed by atoms with Gasteiger partial charge in [-0.2, -0.15) is 0 Å². The lowest BCUT2D eigenvalue weighted by atomic mass is 10.0. The molecule has 5 heteroatoms. The summed E-state index contributed by atoms with van der Waals surface area (Å²) in [5.41, 5.74) is 1.88. The smallest absolute Gasteiger partial charge is 0.142 e. The maximum absolute atomic E-state index is 13.5. The van der Waals surface area contributed by atoms with Gasteiger partial charge in [0.2, 0.25) is 0 Å². The van der Waals surface area contributed by atoms with Gasteiger partial charge in [0.05, 0.1) is 23.1 Å². The van der Waals surface area contributed by atoms with Gasteiger partial charge in [-0.05, 0) is 37.1 Å². The van der Waals surface area contributed by atoms with Crippen LogP contribution in [0.5, 0.6) is 0 Å². The predicted octanol–water partition coefficient (Wildman–Crippen LogP) is 3.50. The number of hydrogen-bond acceptors (Lipinski definition) is 2. The second kappa shape index (κ2) is 6.86. The highest BCUT2D eigenvalue weighted by Crippen LogP contribution is 2.21. The van der Waals surface area contributed by atoms with E-state index in [0.717, 1.165) is 24.2 Å². The van der Waals surface area contributed by atoms with Crippen molar-refractivity contribution in [3.63, 3.8) is 0 Å². The number of halogens is 2. The molecule has 1 heterocycles. The van der Waals surface area contributed by atoms with Crippen molar-refractivity contribution in [1.82, 2.24) is 14.9 Å². The van der Waals surface area contributed by atoms with E-state index in [1.165, 1.54) is 6.07 Å². The fraction of sp³-hybridized carbons (Fsp3) is 0.400. The Balaban J connectivity index is 2.16. The Morgan fingerprint density at radius 3 is 2.85 bits per heavy atom. The number of aromatic nitrogens is 2. The summed E-state index contributed by atoms with van der Waals surface area (Å²) in [5.74, 6) is -0.376. The molecule has 0 aliphatic heterocycles. The van der Waals surface area contributed by atoms with Gasteiger partial charge in [0.25, 0.3) is 0 Å². The van der Waals surface area contributed by atoms with Crippen LogP contribution < -0.4 is 5.32 Å². The molecule has 2 aromatic rings. The van der Waals surface area contributed by atoms with Crippen LogP contribution in [0.15, 0.2) is 30.7 Å². The van der Waals surface area contributed by atoms with Crippen LogP contribution >= 0.6 is 11.6 Å². The summed E-state index contributed by atoms with van der Waals surface area (Å²) in [6, 6.07) is 5.03. The van der Waals surface area contributed by atoms with Gasteiger partial charge < -0.3 is 9.88 Å². The lowest BCUT2D eigenvalue weighted by molar-refractivity contribution is 0.517. The SMILES string of the molecule is CCCNC(Cc1ccc(Cl)c(F)c1)c1cn(C)cn1. The van der Waals surface area contributed by atoms with E-state index in [2.05, 4.69) is 17.2 Å². The number of aryl methyl sites for hydroxylation is 1. The first kappa shape index (κ1) is 15.0. The number of benzene rings is 1. The fourth-order valence-corrected chi connectivity index (χ4v) is 2.23. The van der Waals surface area contributed by atoms with Crippen molar-refractivity contribution in [2.24, 2.45) is 7.05 Å². The lowest BCUT2D eigenvalue weighted by Gasteiger charge is -2.16. The Morgan fingerprint density at radius 2 is 2.25 bits per heavy atom.